The molecule has 0 aliphatic heterocycles. The molecule has 0 bridgehead atoms. The van der Waals surface area contributed by atoms with E-state index < -0.39 is 10.0 Å². The molecular weight excluding hydrogens is 296 g/mol. The Balaban J connectivity index is 1.78. The molecule has 7 heteroatoms. The number of fused-ring (bicyclic) bond motifs is 1. The predicted octanol–water partition coefficient (Wildman–Crippen LogP) is 2.46. The van der Waals surface area contributed by atoms with Crippen molar-refractivity contribution in [3.8, 4) is 0 Å². The van der Waals surface area contributed by atoms with Gasteiger partial charge in [-0.1, -0.05) is 12.1 Å². The Morgan fingerprint density at radius 1 is 1.45 bits per heavy atom. The molecule has 20 heavy (non-hydrogen) atoms. The Morgan fingerprint density at radius 2 is 2.20 bits per heavy atom. The molecule has 1 heterocycles. The third-order valence-corrected chi connectivity index (χ3v) is 5.56. The number of hydrogen-bond acceptors (Lipinski definition) is 5. The normalized spacial score (nSPS) is 17.2. The molecule has 1 aliphatic rings. The Bertz CT molecular complexity index is 707. The molecule has 0 spiro atoms. The average Bonchev–Trinajstić information content (AvgIpc) is 3.20. The molecule has 1 aliphatic carbocycles. The number of ether oxygens (including phenoxy) is 1. The van der Waals surface area contributed by atoms with Crippen LogP contribution in [-0.4, -0.2) is 31.8 Å². The van der Waals surface area contributed by atoms with Gasteiger partial charge in [-0.2, -0.15) is 4.37 Å². The van der Waals surface area contributed by atoms with Gasteiger partial charge in [-0.05, 0) is 42.4 Å². The Labute approximate surface area is 122 Å². The summed E-state index contributed by atoms with van der Waals surface area (Å²) in [5.74, 6) is 0.778. The summed E-state index contributed by atoms with van der Waals surface area (Å²) in [7, 11) is -1.88. The molecule has 1 fully saturated rings. The van der Waals surface area contributed by atoms with E-state index in [2.05, 4.69) is 9.10 Å². The van der Waals surface area contributed by atoms with Crippen molar-refractivity contribution >= 4 is 37.5 Å². The van der Waals surface area contributed by atoms with Crippen LogP contribution in [0.25, 0.3) is 10.1 Å². The molecule has 1 aromatic heterocycles. The summed E-state index contributed by atoms with van der Waals surface area (Å²) in [6, 6.07) is 7.57. The molecule has 3 rings (SSSR count). The van der Waals surface area contributed by atoms with Gasteiger partial charge in [0.15, 0.2) is 5.82 Å². The molecule has 108 valence electrons. The molecule has 0 radical (unpaired) electrons. The minimum Gasteiger partial charge on any atom is -0.380 e. The molecule has 0 amide bonds. The van der Waals surface area contributed by atoms with Crippen molar-refractivity contribution in [3.05, 3.63) is 24.3 Å². The third kappa shape index (κ3) is 2.94. The van der Waals surface area contributed by atoms with Crippen molar-refractivity contribution < 1.29 is 13.2 Å². The van der Waals surface area contributed by atoms with Gasteiger partial charge >= 0.3 is 0 Å². The van der Waals surface area contributed by atoms with Gasteiger partial charge in [-0.25, -0.2) is 8.42 Å². The van der Waals surface area contributed by atoms with Gasteiger partial charge in [-0.3, -0.25) is 4.72 Å². The highest BCUT2D eigenvalue weighted by Gasteiger charge is 2.34. The summed E-state index contributed by atoms with van der Waals surface area (Å²) >= 11 is 1.29. The Kier molecular flexibility index (Phi) is 3.66. The van der Waals surface area contributed by atoms with Gasteiger partial charge in [0.25, 0.3) is 0 Å². The van der Waals surface area contributed by atoms with Crippen molar-refractivity contribution in [2.75, 3.05) is 17.6 Å². The summed E-state index contributed by atoms with van der Waals surface area (Å²) in [5, 5.41) is 0.835. The largest absolute Gasteiger partial charge is 0.380 e. The molecule has 5 nitrogen and oxygen atoms in total. The number of aromatic nitrogens is 1. The van der Waals surface area contributed by atoms with Crippen LogP contribution in [0.5, 0.6) is 0 Å². The lowest BCUT2D eigenvalue weighted by Gasteiger charge is -2.14. The number of nitrogens with zero attached hydrogens (tertiary/aromatic N) is 1. The SMILES string of the molecule is COC(CS(=O)(=O)Nc1nsc2ccccc12)C1CC1. The fourth-order valence-electron chi connectivity index (χ4n) is 2.23. The number of sulfonamides is 1. The van der Waals surface area contributed by atoms with Crippen LogP contribution in [0.1, 0.15) is 12.8 Å². The van der Waals surface area contributed by atoms with E-state index in [1.54, 1.807) is 7.11 Å². The van der Waals surface area contributed by atoms with Gasteiger partial charge in [0, 0.05) is 12.5 Å². The molecule has 1 aromatic carbocycles. The van der Waals surface area contributed by atoms with Crippen LogP contribution in [0.2, 0.25) is 0 Å². The third-order valence-electron chi connectivity index (χ3n) is 3.46. The number of nitrogens with one attached hydrogen (secondary N) is 1. The van der Waals surface area contributed by atoms with Gasteiger partial charge in [-0.15, -0.1) is 0 Å². The highest BCUT2D eigenvalue weighted by atomic mass is 32.2. The molecule has 2 aromatic rings. The zero-order valence-corrected chi connectivity index (χ0v) is 12.7. The van der Waals surface area contributed by atoms with Gasteiger partial charge in [0.2, 0.25) is 10.0 Å². The number of benzene rings is 1. The van der Waals surface area contributed by atoms with Crippen LogP contribution in [0, 0.1) is 5.92 Å². The maximum Gasteiger partial charge on any atom is 0.236 e. The van der Waals surface area contributed by atoms with Crippen LogP contribution >= 0.6 is 11.5 Å². The topological polar surface area (TPSA) is 68.3 Å². The molecule has 1 N–H and O–H groups in total. The van der Waals surface area contributed by atoms with E-state index in [-0.39, 0.29) is 11.9 Å². The number of anilines is 1. The van der Waals surface area contributed by atoms with Crippen LogP contribution in [-0.2, 0) is 14.8 Å². The van der Waals surface area contributed by atoms with E-state index in [4.69, 9.17) is 4.74 Å². The summed E-state index contributed by atoms with van der Waals surface area (Å²) in [4.78, 5) is 0. The first-order valence-electron chi connectivity index (χ1n) is 6.47. The van der Waals surface area contributed by atoms with Crippen molar-refractivity contribution in [1.82, 2.24) is 4.37 Å². The first kappa shape index (κ1) is 13.8. The number of hydrogen-bond donors (Lipinski definition) is 1. The second-order valence-electron chi connectivity index (χ2n) is 5.02. The zero-order valence-electron chi connectivity index (χ0n) is 11.1. The fraction of sp³-hybridized carbons (Fsp3) is 0.462. The summed E-state index contributed by atoms with van der Waals surface area (Å²) < 4.78 is 37.4. The minimum atomic E-state index is -3.44. The van der Waals surface area contributed by atoms with E-state index in [1.165, 1.54) is 11.5 Å². The van der Waals surface area contributed by atoms with Gasteiger partial charge in [0.1, 0.15) is 0 Å². The summed E-state index contributed by atoms with van der Waals surface area (Å²) in [6.07, 6.45) is 1.87. The maximum atomic E-state index is 12.2. The molecule has 0 saturated heterocycles. The van der Waals surface area contributed by atoms with Crippen LogP contribution in [0.3, 0.4) is 0 Å². The zero-order chi connectivity index (χ0) is 14.2. The quantitative estimate of drug-likeness (QED) is 0.889. The van der Waals surface area contributed by atoms with Crippen molar-refractivity contribution in [3.63, 3.8) is 0 Å². The first-order valence-corrected chi connectivity index (χ1v) is 8.89. The predicted molar refractivity (Wildman–Crippen MR) is 80.6 cm³/mol. The van der Waals surface area contributed by atoms with Crippen LogP contribution < -0.4 is 4.72 Å². The summed E-state index contributed by atoms with van der Waals surface area (Å²) in [5.41, 5.74) is 0. The highest BCUT2D eigenvalue weighted by molar-refractivity contribution is 7.92. The number of methoxy groups -OCH3 is 1. The average molecular weight is 312 g/mol. The molecule has 1 saturated carbocycles. The summed E-state index contributed by atoms with van der Waals surface area (Å²) in [6.45, 7) is 0. The minimum absolute atomic E-state index is 0.0139. The maximum absolute atomic E-state index is 12.2. The lowest BCUT2D eigenvalue weighted by Crippen LogP contribution is -2.29. The second-order valence-corrected chi connectivity index (χ2v) is 7.59. The Hall–Kier alpha value is -1.18. The van der Waals surface area contributed by atoms with Crippen molar-refractivity contribution in [1.29, 1.82) is 0 Å². The Morgan fingerprint density at radius 3 is 2.90 bits per heavy atom. The van der Waals surface area contributed by atoms with Gasteiger partial charge < -0.3 is 4.74 Å². The first-order chi connectivity index (χ1) is 9.59. The lowest BCUT2D eigenvalue weighted by atomic mass is 10.3. The van der Waals surface area contributed by atoms with Crippen molar-refractivity contribution in [2.24, 2.45) is 5.92 Å². The molecule has 1 unspecified atom stereocenters. The van der Waals surface area contributed by atoms with Crippen LogP contribution in [0.15, 0.2) is 24.3 Å². The smallest absolute Gasteiger partial charge is 0.236 e. The van der Waals surface area contributed by atoms with Crippen molar-refractivity contribution in [2.45, 2.75) is 18.9 Å². The molecule has 1 atom stereocenters. The second kappa shape index (κ2) is 5.31. The van der Waals surface area contributed by atoms with E-state index in [1.807, 2.05) is 24.3 Å². The van der Waals surface area contributed by atoms with E-state index in [0.717, 1.165) is 22.9 Å². The lowest BCUT2D eigenvalue weighted by molar-refractivity contribution is 0.103. The fourth-order valence-corrected chi connectivity index (χ4v) is 4.40. The monoisotopic (exact) mass is 312 g/mol. The van der Waals surface area contributed by atoms with E-state index >= 15 is 0 Å². The number of rotatable bonds is 6. The standard InChI is InChI=1S/C13H16N2O3S2/c1-18-11(9-6-7-9)8-20(16,17)15-13-10-4-2-3-5-12(10)19-14-13/h2-5,9,11H,6-8H2,1H3,(H,14,15). The highest BCUT2D eigenvalue weighted by Crippen LogP contribution is 2.35. The van der Waals surface area contributed by atoms with E-state index in [9.17, 15) is 8.42 Å². The molecular formula is C13H16N2O3S2. The van der Waals surface area contributed by atoms with Gasteiger partial charge in [0.05, 0.1) is 16.6 Å². The van der Waals surface area contributed by atoms with Crippen LogP contribution in [0.4, 0.5) is 5.82 Å². The van der Waals surface area contributed by atoms with E-state index in [0.29, 0.717) is 11.7 Å².